The second-order valence-corrected chi connectivity index (χ2v) is 7.90. The van der Waals surface area contributed by atoms with Gasteiger partial charge >= 0.3 is 0 Å². The van der Waals surface area contributed by atoms with Crippen molar-refractivity contribution in [3.8, 4) is 17.0 Å². The molecule has 0 saturated heterocycles. The van der Waals surface area contributed by atoms with Crippen molar-refractivity contribution in [2.45, 2.75) is 4.90 Å². The molecular formula is C21H18N4O3S. The molecule has 3 aromatic carbocycles. The Balaban J connectivity index is 1.78. The van der Waals surface area contributed by atoms with Crippen molar-refractivity contribution >= 4 is 32.3 Å². The van der Waals surface area contributed by atoms with E-state index in [9.17, 15) is 8.42 Å². The lowest BCUT2D eigenvalue weighted by molar-refractivity contribution is 0.416. The van der Waals surface area contributed by atoms with Crippen molar-refractivity contribution < 1.29 is 13.2 Å². The minimum absolute atomic E-state index is 0.0468. The molecule has 0 bridgehead atoms. The maximum atomic E-state index is 11.4. The van der Waals surface area contributed by atoms with Crippen LogP contribution in [-0.4, -0.2) is 25.7 Å². The number of benzene rings is 3. The molecule has 0 aliphatic heterocycles. The monoisotopic (exact) mass is 406 g/mol. The Kier molecular flexibility index (Phi) is 4.87. The smallest absolute Gasteiger partial charge is 0.238 e. The van der Waals surface area contributed by atoms with E-state index in [4.69, 9.17) is 9.88 Å². The molecule has 4 rings (SSSR count). The van der Waals surface area contributed by atoms with Crippen molar-refractivity contribution in [2.24, 2.45) is 5.14 Å². The fourth-order valence-corrected chi connectivity index (χ4v) is 3.62. The summed E-state index contributed by atoms with van der Waals surface area (Å²) in [6.45, 7) is 0. The van der Waals surface area contributed by atoms with Crippen LogP contribution in [0.3, 0.4) is 0 Å². The van der Waals surface area contributed by atoms with Gasteiger partial charge in [-0.1, -0.05) is 36.4 Å². The molecule has 0 amide bonds. The number of hydrogen-bond donors (Lipinski definition) is 2. The number of nitrogens with one attached hydrogen (secondary N) is 1. The summed E-state index contributed by atoms with van der Waals surface area (Å²) in [6.07, 6.45) is 0. The van der Waals surface area contributed by atoms with E-state index in [2.05, 4.69) is 15.5 Å². The zero-order valence-corrected chi connectivity index (χ0v) is 16.3. The van der Waals surface area contributed by atoms with Crippen LogP contribution in [0, 0.1) is 0 Å². The lowest BCUT2D eigenvalue weighted by Crippen LogP contribution is -2.11. The van der Waals surface area contributed by atoms with E-state index in [0.717, 1.165) is 16.3 Å². The zero-order valence-electron chi connectivity index (χ0n) is 15.5. The Morgan fingerprint density at radius 2 is 1.52 bits per heavy atom. The first-order valence-corrected chi connectivity index (χ1v) is 10.3. The second-order valence-electron chi connectivity index (χ2n) is 6.34. The molecule has 3 N–H and O–H groups in total. The number of nitrogens with zero attached hydrogens (tertiary/aromatic N) is 2. The fraction of sp³-hybridized carbons (Fsp3) is 0.0476. The average Bonchev–Trinajstić information content (AvgIpc) is 2.74. The summed E-state index contributed by atoms with van der Waals surface area (Å²) in [6, 6.07) is 21.6. The molecule has 7 nitrogen and oxygen atoms in total. The lowest BCUT2D eigenvalue weighted by atomic mass is 10.0. The number of aromatic nitrogens is 2. The van der Waals surface area contributed by atoms with Crippen molar-refractivity contribution in [1.29, 1.82) is 0 Å². The van der Waals surface area contributed by atoms with Crippen LogP contribution in [0.1, 0.15) is 0 Å². The van der Waals surface area contributed by atoms with Crippen LogP contribution < -0.4 is 15.2 Å². The number of primary sulfonamides is 1. The highest BCUT2D eigenvalue weighted by atomic mass is 32.2. The highest BCUT2D eigenvalue weighted by Crippen LogP contribution is 2.35. The zero-order chi connectivity index (χ0) is 20.4. The third-order valence-electron chi connectivity index (χ3n) is 4.49. The van der Waals surface area contributed by atoms with Crippen LogP contribution >= 0.6 is 0 Å². The first-order chi connectivity index (χ1) is 14.0. The molecule has 0 atom stereocenters. The third kappa shape index (κ3) is 3.75. The highest BCUT2D eigenvalue weighted by molar-refractivity contribution is 7.89. The number of para-hydroxylation sites is 1. The Morgan fingerprint density at radius 1 is 0.862 bits per heavy atom. The lowest BCUT2D eigenvalue weighted by Gasteiger charge is -2.13. The van der Waals surface area contributed by atoms with Crippen LogP contribution in [0.2, 0.25) is 0 Å². The predicted octanol–water partition coefficient (Wildman–Crippen LogP) is 3.70. The van der Waals surface area contributed by atoms with Crippen LogP contribution in [0.25, 0.3) is 22.0 Å². The van der Waals surface area contributed by atoms with Gasteiger partial charge in [-0.3, -0.25) is 0 Å². The largest absolute Gasteiger partial charge is 0.496 e. The number of anilines is 2. The number of ether oxygens (including phenoxy) is 1. The van der Waals surface area contributed by atoms with Gasteiger partial charge in [0.25, 0.3) is 0 Å². The molecule has 146 valence electrons. The van der Waals surface area contributed by atoms with Gasteiger partial charge in [-0.05, 0) is 36.4 Å². The topological polar surface area (TPSA) is 107 Å². The van der Waals surface area contributed by atoms with E-state index in [1.165, 1.54) is 12.1 Å². The fourth-order valence-electron chi connectivity index (χ4n) is 3.10. The molecule has 0 aliphatic rings. The van der Waals surface area contributed by atoms with E-state index in [1.54, 1.807) is 19.2 Å². The summed E-state index contributed by atoms with van der Waals surface area (Å²) in [5.41, 5.74) is 2.23. The van der Waals surface area contributed by atoms with Crippen LogP contribution in [-0.2, 0) is 10.0 Å². The van der Waals surface area contributed by atoms with E-state index in [-0.39, 0.29) is 4.90 Å². The molecule has 4 aromatic rings. The normalized spacial score (nSPS) is 11.4. The van der Waals surface area contributed by atoms with Crippen molar-refractivity contribution in [2.75, 3.05) is 12.4 Å². The van der Waals surface area contributed by atoms with Gasteiger partial charge in [0.05, 0.1) is 12.0 Å². The Bertz CT molecular complexity index is 1290. The summed E-state index contributed by atoms with van der Waals surface area (Å²) in [5, 5.41) is 18.9. The third-order valence-corrected chi connectivity index (χ3v) is 5.42. The van der Waals surface area contributed by atoms with Crippen LogP contribution in [0.5, 0.6) is 5.75 Å². The van der Waals surface area contributed by atoms with Crippen LogP contribution in [0.15, 0.2) is 77.7 Å². The molecule has 0 fully saturated rings. The molecule has 0 spiro atoms. The molecule has 29 heavy (non-hydrogen) atoms. The van der Waals surface area contributed by atoms with Crippen LogP contribution in [0.4, 0.5) is 11.5 Å². The first-order valence-electron chi connectivity index (χ1n) is 8.76. The summed E-state index contributed by atoms with van der Waals surface area (Å²) in [5.74, 6) is 1.27. The summed E-state index contributed by atoms with van der Waals surface area (Å²) < 4.78 is 28.3. The number of fused-ring (bicyclic) bond motifs is 1. The summed E-state index contributed by atoms with van der Waals surface area (Å²) in [7, 11) is -2.12. The first kappa shape index (κ1) is 18.9. The van der Waals surface area contributed by atoms with Gasteiger partial charge < -0.3 is 10.1 Å². The van der Waals surface area contributed by atoms with E-state index in [1.807, 2.05) is 48.5 Å². The van der Waals surface area contributed by atoms with Gasteiger partial charge in [-0.2, -0.15) is 0 Å². The standard InChI is InChI=1S/C21H18N4O3S/c1-28-19-9-5-4-8-18(19)20-16-6-2-3-7-17(16)21(25-24-20)23-14-10-12-15(13-11-14)29(22,26)27/h2-13H,1H3,(H,23,25)(H2,22,26,27). The Hall–Kier alpha value is -3.49. The molecule has 0 aliphatic carbocycles. The van der Waals surface area contributed by atoms with E-state index < -0.39 is 10.0 Å². The minimum atomic E-state index is -3.74. The predicted molar refractivity (Wildman–Crippen MR) is 113 cm³/mol. The molecule has 0 saturated carbocycles. The molecule has 8 heteroatoms. The van der Waals surface area contributed by atoms with Crippen molar-refractivity contribution in [3.63, 3.8) is 0 Å². The summed E-state index contributed by atoms with van der Waals surface area (Å²) in [4.78, 5) is 0.0468. The van der Waals surface area contributed by atoms with Gasteiger partial charge in [0.15, 0.2) is 5.82 Å². The maximum absolute atomic E-state index is 11.4. The Morgan fingerprint density at radius 3 is 2.21 bits per heavy atom. The quantitative estimate of drug-likeness (QED) is 0.523. The van der Waals surface area contributed by atoms with Crippen molar-refractivity contribution in [3.05, 3.63) is 72.8 Å². The molecule has 1 heterocycles. The van der Waals surface area contributed by atoms with E-state index in [0.29, 0.717) is 22.9 Å². The number of hydrogen-bond acceptors (Lipinski definition) is 6. The molecule has 0 radical (unpaired) electrons. The number of methoxy groups -OCH3 is 1. The van der Waals surface area contributed by atoms with Gasteiger partial charge in [-0.25, -0.2) is 13.6 Å². The average molecular weight is 406 g/mol. The maximum Gasteiger partial charge on any atom is 0.238 e. The minimum Gasteiger partial charge on any atom is -0.496 e. The van der Waals surface area contributed by atoms with Gasteiger partial charge in [-0.15, -0.1) is 10.2 Å². The molecule has 1 aromatic heterocycles. The van der Waals surface area contributed by atoms with Gasteiger partial charge in [0, 0.05) is 22.0 Å². The number of nitrogens with two attached hydrogens (primary N) is 1. The highest BCUT2D eigenvalue weighted by Gasteiger charge is 2.14. The summed E-state index contributed by atoms with van der Waals surface area (Å²) >= 11 is 0. The Labute approximate surface area is 168 Å². The molecular weight excluding hydrogens is 388 g/mol. The number of sulfonamides is 1. The second kappa shape index (κ2) is 7.50. The van der Waals surface area contributed by atoms with E-state index >= 15 is 0 Å². The van der Waals surface area contributed by atoms with Gasteiger partial charge in [0.2, 0.25) is 10.0 Å². The van der Waals surface area contributed by atoms with Gasteiger partial charge in [0.1, 0.15) is 11.4 Å². The SMILES string of the molecule is COc1ccccc1-c1nnc(Nc2ccc(S(N)(=O)=O)cc2)c2ccccc12. The van der Waals surface area contributed by atoms with Crippen molar-refractivity contribution in [1.82, 2.24) is 10.2 Å². The number of rotatable bonds is 5. The molecule has 0 unspecified atom stereocenters.